The van der Waals surface area contributed by atoms with Crippen LogP contribution in [0.1, 0.15) is 35.7 Å². The van der Waals surface area contributed by atoms with Crippen molar-refractivity contribution in [2.45, 2.75) is 33.0 Å². The second-order valence-corrected chi connectivity index (χ2v) is 5.60. The van der Waals surface area contributed by atoms with E-state index in [0.29, 0.717) is 11.5 Å². The van der Waals surface area contributed by atoms with Crippen molar-refractivity contribution in [2.75, 3.05) is 5.32 Å². The highest BCUT2D eigenvalue weighted by atomic mass is 19.4. The highest BCUT2D eigenvalue weighted by Crippen LogP contribution is 2.28. The Hall–Kier alpha value is -2.65. The molecule has 0 spiro atoms. The Bertz CT molecular complexity index is 894. The van der Waals surface area contributed by atoms with Gasteiger partial charge in [-0.15, -0.1) is 5.10 Å². The van der Waals surface area contributed by atoms with Crippen molar-refractivity contribution in [3.8, 4) is 0 Å². The second-order valence-electron chi connectivity index (χ2n) is 5.60. The van der Waals surface area contributed by atoms with Crippen LogP contribution >= 0.6 is 0 Å². The van der Waals surface area contributed by atoms with Crippen LogP contribution in [0.25, 0.3) is 5.78 Å². The van der Waals surface area contributed by atoms with Crippen LogP contribution in [0.5, 0.6) is 0 Å². The van der Waals surface area contributed by atoms with Crippen LogP contribution in [0.4, 0.5) is 19.0 Å². The van der Waals surface area contributed by atoms with Gasteiger partial charge in [-0.3, -0.25) is 4.68 Å². The Labute approximate surface area is 135 Å². The minimum atomic E-state index is -4.62. The number of nitrogens with zero attached hydrogens (tertiary/aromatic N) is 6. The summed E-state index contributed by atoms with van der Waals surface area (Å²) in [5.41, 5.74) is 2.45. The number of hydrogen-bond donors (Lipinski definition) is 1. The standard InChI is InChI=1S/C14H16F3N7/c1-7-5-11(20-8(2)10-6-18-23(4)9(10)3)24-13(19-7)21-12(22-24)14(15,16)17/h5-6,8,20H,1-4H3. The maximum Gasteiger partial charge on any atom is 0.453 e. The van der Waals surface area contributed by atoms with E-state index in [1.165, 1.54) is 0 Å². The van der Waals surface area contributed by atoms with Crippen molar-refractivity contribution in [3.63, 3.8) is 0 Å². The van der Waals surface area contributed by atoms with Crippen molar-refractivity contribution in [3.05, 3.63) is 35.0 Å². The number of aromatic nitrogens is 6. The predicted molar refractivity (Wildman–Crippen MR) is 80.5 cm³/mol. The molecule has 1 atom stereocenters. The van der Waals surface area contributed by atoms with Gasteiger partial charge in [-0.1, -0.05) is 0 Å². The van der Waals surface area contributed by atoms with Crippen LogP contribution < -0.4 is 5.32 Å². The lowest BCUT2D eigenvalue weighted by Crippen LogP contribution is -2.13. The average molecular weight is 339 g/mol. The lowest BCUT2D eigenvalue weighted by atomic mass is 10.1. The van der Waals surface area contributed by atoms with Gasteiger partial charge in [0.2, 0.25) is 0 Å². The van der Waals surface area contributed by atoms with Gasteiger partial charge in [-0.2, -0.15) is 27.8 Å². The van der Waals surface area contributed by atoms with E-state index < -0.39 is 12.0 Å². The number of rotatable bonds is 3. The Balaban J connectivity index is 2.02. The molecule has 0 aromatic carbocycles. The molecule has 7 nitrogen and oxygen atoms in total. The summed E-state index contributed by atoms with van der Waals surface area (Å²) in [6.07, 6.45) is -2.90. The van der Waals surface area contributed by atoms with Crippen molar-refractivity contribution < 1.29 is 13.2 Å². The number of halogens is 3. The minimum Gasteiger partial charge on any atom is -0.363 e. The molecule has 3 aromatic rings. The molecular weight excluding hydrogens is 323 g/mol. The van der Waals surface area contributed by atoms with E-state index in [1.54, 1.807) is 23.9 Å². The van der Waals surface area contributed by atoms with Crippen LogP contribution in [0.2, 0.25) is 0 Å². The van der Waals surface area contributed by atoms with Crippen LogP contribution in [0.3, 0.4) is 0 Å². The van der Waals surface area contributed by atoms with E-state index in [9.17, 15) is 13.2 Å². The molecule has 0 amide bonds. The third kappa shape index (κ3) is 2.79. The maximum atomic E-state index is 12.8. The molecule has 0 saturated carbocycles. The summed E-state index contributed by atoms with van der Waals surface area (Å²) in [5, 5.41) is 10.9. The first-order valence-electron chi connectivity index (χ1n) is 7.23. The van der Waals surface area contributed by atoms with Gasteiger partial charge < -0.3 is 5.32 Å². The molecule has 0 aliphatic carbocycles. The van der Waals surface area contributed by atoms with Gasteiger partial charge in [0.1, 0.15) is 5.82 Å². The van der Waals surface area contributed by atoms with Gasteiger partial charge in [0.15, 0.2) is 0 Å². The average Bonchev–Trinajstić information content (AvgIpc) is 3.03. The normalized spacial score (nSPS) is 13.5. The number of fused-ring (bicyclic) bond motifs is 1. The molecule has 3 rings (SSSR count). The van der Waals surface area contributed by atoms with Gasteiger partial charge in [0.05, 0.1) is 12.2 Å². The zero-order chi connectivity index (χ0) is 17.6. The molecule has 0 fully saturated rings. The second kappa shape index (κ2) is 5.46. The number of anilines is 1. The van der Waals surface area contributed by atoms with E-state index in [1.807, 2.05) is 20.9 Å². The monoisotopic (exact) mass is 339 g/mol. The number of alkyl halides is 3. The predicted octanol–water partition coefficient (Wildman–Crippen LogP) is 2.67. The SMILES string of the molecule is Cc1cc(NC(C)c2cnn(C)c2C)n2nc(C(F)(F)F)nc2n1. The summed E-state index contributed by atoms with van der Waals surface area (Å²) >= 11 is 0. The summed E-state index contributed by atoms with van der Waals surface area (Å²) in [7, 11) is 1.83. The van der Waals surface area contributed by atoms with Crippen LogP contribution in [-0.4, -0.2) is 29.4 Å². The maximum absolute atomic E-state index is 12.8. The van der Waals surface area contributed by atoms with Crippen molar-refractivity contribution in [1.82, 2.24) is 29.4 Å². The molecule has 0 aliphatic heterocycles. The highest BCUT2D eigenvalue weighted by Gasteiger charge is 2.37. The molecule has 1 N–H and O–H groups in total. The first kappa shape index (κ1) is 16.2. The molecule has 10 heteroatoms. The van der Waals surface area contributed by atoms with Crippen molar-refractivity contribution >= 4 is 11.6 Å². The van der Waals surface area contributed by atoms with Crippen molar-refractivity contribution in [2.24, 2.45) is 7.05 Å². The molecule has 3 heterocycles. The van der Waals surface area contributed by atoms with Crippen LogP contribution in [0.15, 0.2) is 12.3 Å². The summed E-state index contributed by atoms with van der Waals surface area (Å²) < 4.78 is 41.3. The summed E-state index contributed by atoms with van der Waals surface area (Å²) in [6.45, 7) is 5.51. The number of hydrogen-bond acceptors (Lipinski definition) is 5. The Kier molecular flexibility index (Phi) is 3.69. The molecular formula is C14H16F3N7. The van der Waals surface area contributed by atoms with E-state index in [-0.39, 0.29) is 11.8 Å². The zero-order valence-electron chi connectivity index (χ0n) is 13.5. The Morgan fingerprint density at radius 1 is 1.21 bits per heavy atom. The topological polar surface area (TPSA) is 72.9 Å². The first-order chi connectivity index (χ1) is 11.2. The van der Waals surface area contributed by atoms with Gasteiger partial charge in [0, 0.05) is 30.1 Å². The quantitative estimate of drug-likeness (QED) is 0.794. The molecule has 1 unspecified atom stereocenters. The Morgan fingerprint density at radius 3 is 2.50 bits per heavy atom. The smallest absolute Gasteiger partial charge is 0.363 e. The summed E-state index contributed by atoms with van der Waals surface area (Å²) in [5.74, 6) is -0.926. The number of nitrogens with one attached hydrogen (secondary N) is 1. The molecule has 128 valence electrons. The zero-order valence-corrected chi connectivity index (χ0v) is 13.5. The van der Waals surface area contributed by atoms with Gasteiger partial charge in [-0.05, 0) is 20.8 Å². The largest absolute Gasteiger partial charge is 0.453 e. The van der Waals surface area contributed by atoms with Crippen LogP contribution in [0, 0.1) is 13.8 Å². The summed E-state index contributed by atoms with van der Waals surface area (Å²) in [4.78, 5) is 7.47. The van der Waals surface area contributed by atoms with Gasteiger partial charge >= 0.3 is 6.18 Å². The molecule has 0 radical (unpaired) electrons. The third-order valence-corrected chi connectivity index (χ3v) is 3.80. The van der Waals surface area contributed by atoms with E-state index in [4.69, 9.17) is 0 Å². The highest BCUT2D eigenvalue weighted by molar-refractivity contribution is 5.47. The molecule has 0 bridgehead atoms. The fourth-order valence-corrected chi connectivity index (χ4v) is 2.45. The lowest BCUT2D eigenvalue weighted by molar-refractivity contribution is -0.144. The Morgan fingerprint density at radius 2 is 1.92 bits per heavy atom. The molecule has 0 aliphatic rings. The lowest BCUT2D eigenvalue weighted by Gasteiger charge is -2.16. The van der Waals surface area contributed by atoms with Crippen LogP contribution in [-0.2, 0) is 13.2 Å². The fraction of sp³-hybridized carbons (Fsp3) is 0.429. The number of aryl methyl sites for hydroxylation is 2. The van der Waals surface area contributed by atoms with Gasteiger partial charge in [0.25, 0.3) is 11.6 Å². The van der Waals surface area contributed by atoms with Gasteiger partial charge in [-0.25, -0.2) is 4.98 Å². The first-order valence-corrected chi connectivity index (χ1v) is 7.23. The minimum absolute atomic E-state index is 0.0973. The summed E-state index contributed by atoms with van der Waals surface area (Å²) in [6, 6.07) is 1.45. The third-order valence-electron chi connectivity index (χ3n) is 3.80. The van der Waals surface area contributed by atoms with Crippen molar-refractivity contribution in [1.29, 1.82) is 0 Å². The van der Waals surface area contributed by atoms with E-state index in [2.05, 4.69) is 25.5 Å². The van der Waals surface area contributed by atoms with E-state index in [0.717, 1.165) is 15.8 Å². The molecule has 24 heavy (non-hydrogen) atoms. The van der Waals surface area contributed by atoms with E-state index >= 15 is 0 Å². The molecule has 3 aromatic heterocycles. The molecule has 0 saturated heterocycles. The fourth-order valence-electron chi connectivity index (χ4n) is 2.45.